The van der Waals surface area contributed by atoms with Gasteiger partial charge in [-0.3, -0.25) is 5.43 Å². The monoisotopic (exact) mass is 326 g/mol. The standard InChI is InChI=1S/C18H15ClN2O2/c1-23-18-9-12(5-8-17(18)22)11-20-21-16-4-2-3-13-10-14(19)6-7-15(13)16/h2-11,21-22H,1H3/b20-11+. The molecule has 0 atom stereocenters. The number of aromatic hydroxyl groups is 1. The molecule has 0 aliphatic carbocycles. The molecular weight excluding hydrogens is 312 g/mol. The Labute approximate surface area is 139 Å². The third-order valence-corrected chi connectivity index (χ3v) is 3.68. The van der Waals surface area contributed by atoms with Crippen molar-refractivity contribution in [3.63, 3.8) is 0 Å². The molecule has 3 aromatic rings. The van der Waals surface area contributed by atoms with Crippen molar-refractivity contribution in [2.24, 2.45) is 5.10 Å². The Morgan fingerprint density at radius 1 is 1.13 bits per heavy atom. The van der Waals surface area contributed by atoms with Crippen molar-refractivity contribution in [2.45, 2.75) is 0 Å². The highest BCUT2D eigenvalue weighted by atomic mass is 35.5. The quantitative estimate of drug-likeness (QED) is 0.542. The number of benzene rings is 3. The Balaban J connectivity index is 1.83. The lowest BCUT2D eigenvalue weighted by molar-refractivity contribution is 0.373. The first-order chi connectivity index (χ1) is 11.2. The molecule has 0 unspecified atom stereocenters. The molecule has 5 heteroatoms. The fourth-order valence-electron chi connectivity index (χ4n) is 2.30. The highest BCUT2D eigenvalue weighted by molar-refractivity contribution is 6.31. The Hall–Kier alpha value is -2.72. The highest BCUT2D eigenvalue weighted by Gasteiger charge is 2.02. The molecule has 0 amide bonds. The van der Waals surface area contributed by atoms with Crippen molar-refractivity contribution in [1.82, 2.24) is 0 Å². The summed E-state index contributed by atoms with van der Waals surface area (Å²) in [5.41, 5.74) is 4.74. The lowest BCUT2D eigenvalue weighted by Gasteiger charge is -2.06. The van der Waals surface area contributed by atoms with Gasteiger partial charge in [-0.05, 0) is 47.3 Å². The van der Waals surface area contributed by atoms with Crippen LogP contribution in [0.2, 0.25) is 5.02 Å². The highest BCUT2D eigenvalue weighted by Crippen LogP contribution is 2.27. The number of anilines is 1. The summed E-state index contributed by atoms with van der Waals surface area (Å²) in [6, 6.07) is 16.7. The number of halogens is 1. The van der Waals surface area contributed by atoms with Gasteiger partial charge in [-0.2, -0.15) is 5.10 Å². The second kappa shape index (κ2) is 6.58. The normalized spacial score (nSPS) is 11.0. The molecule has 23 heavy (non-hydrogen) atoms. The zero-order chi connectivity index (χ0) is 16.2. The summed E-state index contributed by atoms with van der Waals surface area (Å²) in [5, 5.41) is 16.6. The molecular formula is C18H15ClN2O2. The van der Waals surface area contributed by atoms with E-state index in [1.165, 1.54) is 7.11 Å². The van der Waals surface area contributed by atoms with Crippen LogP contribution in [0, 0.1) is 0 Å². The van der Waals surface area contributed by atoms with Crippen LogP contribution in [-0.2, 0) is 0 Å². The van der Waals surface area contributed by atoms with Crippen LogP contribution < -0.4 is 10.2 Å². The molecule has 0 aliphatic heterocycles. The van der Waals surface area contributed by atoms with Gasteiger partial charge in [0.25, 0.3) is 0 Å². The van der Waals surface area contributed by atoms with Crippen molar-refractivity contribution in [3.8, 4) is 11.5 Å². The summed E-state index contributed by atoms with van der Waals surface area (Å²) >= 11 is 6.01. The van der Waals surface area contributed by atoms with Gasteiger partial charge in [-0.1, -0.05) is 29.8 Å². The van der Waals surface area contributed by atoms with Gasteiger partial charge in [0.1, 0.15) is 0 Å². The molecule has 0 spiro atoms. The summed E-state index contributed by atoms with van der Waals surface area (Å²) in [5.74, 6) is 0.511. The van der Waals surface area contributed by atoms with Crippen molar-refractivity contribution < 1.29 is 9.84 Å². The summed E-state index contributed by atoms with van der Waals surface area (Å²) in [7, 11) is 1.51. The fraction of sp³-hybridized carbons (Fsp3) is 0.0556. The molecule has 0 saturated carbocycles. The van der Waals surface area contributed by atoms with Crippen LogP contribution in [0.1, 0.15) is 5.56 Å². The van der Waals surface area contributed by atoms with E-state index < -0.39 is 0 Å². The van der Waals surface area contributed by atoms with E-state index >= 15 is 0 Å². The van der Waals surface area contributed by atoms with Crippen molar-refractivity contribution in [2.75, 3.05) is 12.5 Å². The maximum Gasteiger partial charge on any atom is 0.161 e. The van der Waals surface area contributed by atoms with E-state index in [2.05, 4.69) is 10.5 Å². The van der Waals surface area contributed by atoms with Gasteiger partial charge in [-0.15, -0.1) is 0 Å². The number of fused-ring (bicyclic) bond motifs is 1. The second-order valence-electron chi connectivity index (χ2n) is 4.97. The van der Waals surface area contributed by atoms with Crippen LogP contribution in [0.3, 0.4) is 0 Å². The van der Waals surface area contributed by atoms with E-state index in [0.29, 0.717) is 10.8 Å². The van der Waals surface area contributed by atoms with Crippen LogP contribution in [0.15, 0.2) is 59.7 Å². The largest absolute Gasteiger partial charge is 0.504 e. The van der Waals surface area contributed by atoms with Gasteiger partial charge in [0, 0.05) is 10.4 Å². The van der Waals surface area contributed by atoms with Gasteiger partial charge < -0.3 is 9.84 Å². The van der Waals surface area contributed by atoms with Crippen LogP contribution in [-0.4, -0.2) is 18.4 Å². The first-order valence-corrected chi connectivity index (χ1v) is 7.39. The van der Waals surface area contributed by atoms with Gasteiger partial charge in [-0.25, -0.2) is 0 Å². The van der Waals surface area contributed by atoms with Gasteiger partial charge in [0.2, 0.25) is 0 Å². The lowest BCUT2D eigenvalue weighted by Crippen LogP contribution is -1.92. The third-order valence-electron chi connectivity index (χ3n) is 3.44. The van der Waals surface area contributed by atoms with Crippen LogP contribution in [0.4, 0.5) is 5.69 Å². The van der Waals surface area contributed by atoms with E-state index in [4.69, 9.17) is 16.3 Å². The Morgan fingerprint density at radius 3 is 2.83 bits per heavy atom. The fourth-order valence-corrected chi connectivity index (χ4v) is 2.48. The van der Waals surface area contributed by atoms with Crippen molar-refractivity contribution >= 4 is 34.3 Å². The smallest absolute Gasteiger partial charge is 0.161 e. The number of phenolic OH excluding ortho intramolecular Hbond substituents is 1. The number of nitrogens with one attached hydrogen (secondary N) is 1. The van der Waals surface area contributed by atoms with Gasteiger partial charge >= 0.3 is 0 Å². The number of nitrogens with zero attached hydrogens (tertiary/aromatic N) is 1. The Kier molecular flexibility index (Phi) is 4.35. The third kappa shape index (κ3) is 3.38. The molecule has 0 fully saturated rings. The molecule has 4 nitrogen and oxygen atoms in total. The Morgan fingerprint density at radius 2 is 2.00 bits per heavy atom. The van der Waals surface area contributed by atoms with Gasteiger partial charge in [0.05, 0.1) is 19.0 Å². The summed E-state index contributed by atoms with van der Waals surface area (Å²) in [6.45, 7) is 0. The minimum atomic E-state index is 0.101. The number of phenols is 1. The maximum atomic E-state index is 9.58. The molecule has 116 valence electrons. The van der Waals surface area contributed by atoms with Crippen LogP contribution in [0.5, 0.6) is 11.5 Å². The predicted octanol–water partition coefficient (Wildman–Crippen LogP) is 4.65. The molecule has 0 saturated heterocycles. The average Bonchev–Trinajstić information content (AvgIpc) is 2.56. The zero-order valence-electron chi connectivity index (χ0n) is 12.5. The van der Waals surface area contributed by atoms with Gasteiger partial charge in [0.15, 0.2) is 11.5 Å². The molecule has 0 radical (unpaired) electrons. The molecule has 0 aliphatic rings. The summed E-state index contributed by atoms with van der Waals surface area (Å²) < 4.78 is 5.07. The topological polar surface area (TPSA) is 53.8 Å². The van der Waals surface area contributed by atoms with Crippen molar-refractivity contribution in [3.05, 3.63) is 65.2 Å². The number of methoxy groups -OCH3 is 1. The number of hydrazone groups is 1. The second-order valence-corrected chi connectivity index (χ2v) is 5.41. The molecule has 0 aromatic heterocycles. The molecule has 0 heterocycles. The number of rotatable bonds is 4. The van der Waals surface area contributed by atoms with E-state index in [1.807, 2.05) is 36.4 Å². The SMILES string of the molecule is COc1cc(/C=N/Nc2cccc3cc(Cl)ccc23)ccc1O. The Bertz CT molecular complexity index is 878. The average molecular weight is 327 g/mol. The number of hydrogen-bond acceptors (Lipinski definition) is 4. The van der Waals surface area contributed by atoms with Crippen LogP contribution >= 0.6 is 11.6 Å². The number of hydrogen-bond donors (Lipinski definition) is 2. The van der Waals surface area contributed by atoms with E-state index in [0.717, 1.165) is 22.0 Å². The van der Waals surface area contributed by atoms with E-state index in [-0.39, 0.29) is 5.75 Å². The predicted molar refractivity (Wildman–Crippen MR) is 94.8 cm³/mol. The minimum Gasteiger partial charge on any atom is -0.504 e. The van der Waals surface area contributed by atoms with Crippen LogP contribution in [0.25, 0.3) is 10.8 Å². The molecule has 3 aromatic carbocycles. The first kappa shape index (κ1) is 15.2. The minimum absolute atomic E-state index is 0.101. The molecule has 3 rings (SSSR count). The van der Waals surface area contributed by atoms with Crippen molar-refractivity contribution in [1.29, 1.82) is 0 Å². The number of ether oxygens (including phenoxy) is 1. The molecule has 2 N–H and O–H groups in total. The first-order valence-electron chi connectivity index (χ1n) is 7.02. The molecule has 0 bridgehead atoms. The summed E-state index contributed by atoms with van der Waals surface area (Å²) in [6.07, 6.45) is 1.66. The van der Waals surface area contributed by atoms with E-state index in [1.54, 1.807) is 24.4 Å². The van der Waals surface area contributed by atoms with E-state index in [9.17, 15) is 5.11 Å². The zero-order valence-corrected chi connectivity index (χ0v) is 13.2. The maximum absolute atomic E-state index is 9.58. The lowest BCUT2D eigenvalue weighted by atomic mass is 10.1. The summed E-state index contributed by atoms with van der Waals surface area (Å²) in [4.78, 5) is 0.